The van der Waals surface area contributed by atoms with Gasteiger partial charge in [0.1, 0.15) is 12.3 Å². The van der Waals surface area contributed by atoms with Gasteiger partial charge in [-0.2, -0.15) is 9.94 Å². The number of aliphatic hydroxyl groups excluding tert-OH is 1. The minimum Gasteiger partial charge on any atom is -0.478 e. The van der Waals surface area contributed by atoms with Crippen LogP contribution < -0.4 is 4.90 Å². The number of thioether (sulfide) groups is 1. The highest BCUT2D eigenvalue weighted by Gasteiger charge is 2.29. The van der Waals surface area contributed by atoms with Crippen molar-refractivity contribution in [3.8, 4) is 11.8 Å². The number of nitriles is 1. The van der Waals surface area contributed by atoms with E-state index in [-0.39, 0.29) is 11.1 Å². The van der Waals surface area contributed by atoms with E-state index in [0.717, 1.165) is 18.7 Å². The third-order valence-electron chi connectivity index (χ3n) is 5.84. The predicted molar refractivity (Wildman–Crippen MR) is 117 cm³/mol. The lowest BCUT2D eigenvalue weighted by molar-refractivity contribution is 0.0697. The number of carboxylic acid groups (broad SMARTS) is 1. The number of nitrogens with zero attached hydrogens (tertiary/aromatic N) is 6. The lowest BCUT2D eigenvalue weighted by Crippen LogP contribution is -2.35. The Morgan fingerprint density at radius 3 is 2.81 bits per heavy atom. The van der Waals surface area contributed by atoms with Crippen molar-refractivity contribution in [2.24, 2.45) is 0 Å². The minimum absolute atomic E-state index is 0.0144. The number of aliphatic hydroxyl groups is 1. The SMILES string of the molecule is N#Cc1cc(C(=O)O)ccc1-n1nnnc1SCC(O)N1CCc2cc(C3CC3)ccc21. The number of benzene rings is 2. The predicted octanol–water partition coefficient (Wildman–Crippen LogP) is 2.58. The molecule has 9 nitrogen and oxygen atoms in total. The van der Waals surface area contributed by atoms with Gasteiger partial charge in [-0.25, -0.2) is 4.79 Å². The van der Waals surface area contributed by atoms with Gasteiger partial charge in [0.2, 0.25) is 5.16 Å². The van der Waals surface area contributed by atoms with Gasteiger partial charge in [0, 0.05) is 18.0 Å². The van der Waals surface area contributed by atoms with Gasteiger partial charge in [0.15, 0.2) is 0 Å². The molecule has 0 spiro atoms. The van der Waals surface area contributed by atoms with Crippen molar-refractivity contribution < 1.29 is 15.0 Å². The number of tetrazole rings is 1. The minimum atomic E-state index is -1.11. The highest BCUT2D eigenvalue weighted by molar-refractivity contribution is 7.99. The lowest BCUT2D eigenvalue weighted by atomic mass is 10.1. The Morgan fingerprint density at radius 2 is 2.06 bits per heavy atom. The summed E-state index contributed by atoms with van der Waals surface area (Å²) in [5.74, 6) is -0.0755. The zero-order valence-corrected chi connectivity index (χ0v) is 17.9. The second-order valence-electron chi connectivity index (χ2n) is 7.92. The molecule has 0 radical (unpaired) electrons. The number of aromatic nitrogens is 4. The van der Waals surface area contributed by atoms with Gasteiger partial charge in [-0.1, -0.05) is 23.9 Å². The van der Waals surface area contributed by atoms with Crippen LogP contribution in [0.15, 0.2) is 41.6 Å². The van der Waals surface area contributed by atoms with Crippen LogP contribution in [0.5, 0.6) is 0 Å². The molecule has 3 aromatic rings. The van der Waals surface area contributed by atoms with Crippen molar-refractivity contribution in [3.63, 3.8) is 0 Å². The highest BCUT2D eigenvalue weighted by Crippen LogP contribution is 2.42. The third kappa shape index (κ3) is 3.81. The molecule has 1 aliphatic carbocycles. The van der Waals surface area contributed by atoms with Gasteiger partial charge in [-0.15, -0.1) is 5.10 Å². The molecule has 2 N–H and O–H groups in total. The van der Waals surface area contributed by atoms with E-state index in [1.165, 1.54) is 58.6 Å². The first-order chi connectivity index (χ1) is 15.5. The smallest absolute Gasteiger partial charge is 0.335 e. The fourth-order valence-corrected chi connectivity index (χ4v) is 4.86. The van der Waals surface area contributed by atoms with Crippen LogP contribution in [0.1, 0.15) is 45.8 Å². The number of hydrogen-bond donors (Lipinski definition) is 2. The summed E-state index contributed by atoms with van der Waals surface area (Å²) in [5.41, 5.74) is 4.30. The monoisotopic (exact) mass is 448 g/mol. The molecule has 1 saturated carbocycles. The molecule has 2 heterocycles. The summed E-state index contributed by atoms with van der Waals surface area (Å²) < 4.78 is 1.39. The van der Waals surface area contributed by atoms with Crippen LogP contribution in [0, 0.1) is 11.3 Å². The Kier molecular flexibility index (Phi) is 5.28. The fourth-order valence-electron chi connectivity index (χ4n) is 4.03. The largest absolute Gasteiger partial charge is 0.478 e. The number of fused-ring (bicyclic) bond motifs is 1. The maximum absolute atomic E-state index is 11.2. The molecule has 1 fully saturated rings. The number of anilines is 1. The summed E-state index contributed by atoms with van der Waals surface area (Å²) >= 11 is 1.28. The van der Waals surface area contributed by atoms with E-state index < -0.39 is 12.2 Å². The number of carbonyl (C=O) groups is 1. The van der Waals surface area contributed by atoms with Crippen LogP contribution >= 0.6 is 11.8 Å². The molecule has 1 unspecified atom stereocenters. The van der Waals surface area contributed by atoms with Crippen LogP contribution in [0.4, 0.5) is 5.69 Å². The lowest BCUT2D eigenvalue weighted by Gasteiger charge is -2.25. The summed E-state index contributed by atoms with van der Waals surface area (Å²) in [6, 6.07) is 12.7. The maximum atomic E-state index is 11.2. The number of carboxylic acids is 1. The Bertz CT molecular complexity index is 1230. The van der Waals surface area contributed by atoms with Crippen LogP contribution in [0.2, 0.25) is 0 Å². The van der Waals surface area contributed by atoms with Crippen LogP contribution in [0.25, 0.3) is 5.69 Å². The van der Waals surface area contributed by atoms with Crippen molar-refractivity contribution in [2.75, 3.05) is 17.2 Å². The summed E-state index contributed by atoms with van der Waals surface area (Å²) in [7, 11) is 0. The summed E-state index contributed by atoms with van der Waals surface area (Å²) in [6.07, 6.45) is 2.73. The van der Waals surface area contributed by atoms with E-state index in [1.54, 1.807) is 0 Å². The molecule has 1 aliphatic heterocycles. The molecule has 2 aliphatic rings. The van der Waals surface area contributed by atoms with Gasteiger partial charge < -0.3 is 15.1 Å². The summed E-state index contributed by atoms with van der Waals surface area (Å²) in [4.78, 5) is 13.2. The molecule has 1 aromatic heterocycles. The van der Waals surface area contributed by atoms with Crippen LogP contribution in [-0.4, -0.2) is 54.9 Å². The van der Waals surface area contributed by atoms with E-state index in [4.69, 9.17) is 5.11 Å². The van der Waals surface area contributed by atoms with Gasteiger partial charge in [-0.3, -0.25) is 0 Å². The molecular weight excluding hydrogens is 428 g/mol. The molecule has 0 saturated heterocycles. The molecule has 0 amide bonds. The standard InChI is InChI=1S/C22H20N6O3S/c23-11-17-10-16(21(30)31)4-6-19(17)28-22(24-25-26-28)32-12-20(29)27-8-7-15-9-14(13-1-2-13)3-5-18(15)27/h3-6,9-10,13,20,29H,1-2,7-8,12H2,(H,30,31). The second kappa shape index (κ2) is 8.26. The van der Waals surface area contributed by atoms with Crippen molar-refractivity contribution in [1.29, 1.82) is 5.26 Å². The van der Waals surface area contributed by atoms with Crippen molar-refractivity contribution in [1.82, 2.24) is 20.2 Å². The quantitative estimate of drug-likeness (QED) is 0.524. The second-order valence-corrected chi connectivity index (χ2v) is 8.91. The van der Waals surface area contributed by atoms with E-state index in [0.29, 0.717) is 22.5 Å². The van der Waals surface area contributed by atoms with Gasteiger partial charge in [-0.05, 0) is 71.0 Å². The first-order valence-electron chi connectivity index (χ1n) is 10.3. The molecular formula is C22H20N6O3S. The Morgan fingerprint density at radius 1 is 1.25 bits per heavy atom. The molecule has 1 atom stereocenters. The van der Waals surface area contributed by atoms with E-state index >= 15 is 0 Å². The Hall–Kier alpha value is -3.42. The molecule has 5 rings (SSSR count). The van der Waals surface area contributed by atoms with E-state index in [9.17, 15) is 15.2 Å². The molecule has 0 bridgehead atoms. The number of hydrogen-bond acceptors (Lipinski definition) is 8. The van der Waals surface area contributed by atoms with Gasteiger partial charge in [0.25, 0.3) is 0 Å². The molecule has 32 heavy (non-hydrogen) atoms. The maximum Gasteiger partial charge on any atom is 0.335 e. The summed E-state index contributed by atoms with van der Waals surface area (Å²) in [5, 5.41) is 41.5. The van der Waals surface area contributed by atoms with Crippen molar-refractivity contribution >= 4 is 23.4 Å². The van der Waals surface area contributed by atoms with Crippen LogP contribution in [-0.2, 0) is 6.42 Å². The first-order valence-corrected chi connectivity index (χ1v) is 11.3. The zero-order chi connectivity index (χ0) is 22.2. The van der Waals surface area contributed by atoms with Crippen molar-refractivity contribution in [3.05, 3.63) is 58.7 Å². The molecule has 162 valence electrons. The first kappa shape index (κ1) is 20.5. The number of aromatic carboxylic acids is 1. The zero-order valence-electron chi connectivity index (χ0n) is 17.0. The average Bonchev–Trinajstić information content (AvgIpc) is 3.40. The molecule has 2 aromatic carbocycles. The highest BCUT2D eigenvalue weighted by atomic mass is 32.2. The van der Waals surface area contributed by atoms with E-state index in [2.05, 4.69) is 33.7 Å². The van der Waals surface area contributed by atoms with Gasteiger partial charge in [0.05, 0.1) is 16.8 Å². The normalized spacial score (nSPS) is 15.9. The van der Waals surface area contributed by atoms with Crippen molar-refractivity contribution in [2.45, 2.75) is 36.6 Å². The van der Waals surface area contributed by atoms with Gasteiger partial charge >= 0.3 is 5.97 Å². The van der Waals surface area contributed by atoms with Crippen LogP contribution in [0.3, 0.4) is 0 Å². The Labute approximate surface area is 188 Å². The van der Waals surface area contributed by atoms with E-state index in [1.807, 2.05) is 11.0 Å². The average molecular weight is 449 g/mol. The Balaban J connectivity index is 1.31. The summed E-state index contributed by atoms with van der Waals surface area (Å²) in [6.45, 7) is 0.755. The third-order valence-corrected chi connectivity index (χ3v) is 6.82. The molecule has 10 heteroatoms. The topological polar surface area (TPSA) is 128 Å². The number of rotatable bonds is 7. The fraction of sp³-hybridized carbons (Fsp3) is 0.318.